The maximum Gasteiger partial charge on any atom is 0.165 e. The topological polar surface area (TPSA) is 45.2 Å². The van der Waals surface area contributed by atoms with E-state index in [1.165, 1.54) is 12.1 Å². The van der Waals surface area contributed by atoms with Crippen LogP contribution >= 0.6 is 11.3 Å². The van der Waals surface area contributed by atoms with Crippen LogP contribution in [0.15, 0.2) is 23.6 Å². The van der Waals surface area contributed by atoms with Crippen LogP contribution < -0.4 is 5.32 Å². The first-order valence-corrected chi connectivity index (χ1v) is 6.62. The van der Waals surface area contributed by atoms with Crippen molar-refractivity contribution in [1.82, 2.24) is 10.3 Å². The highest BCUT2D eigenvalue weighted by molar-refractivity contribution is 7.09. The zero-order valence-corrected chi connectivity index (χ0v) is 10.9. The Morgan fingerprint density at radius 1 is 1.44 bits per heavy atom. The minimum absolute atomic E-state index is 0.309. The average molecular weight is 266 g/mol. The first-order chi connectivity index (χ1) is 8.65. The van der Waals surface area contributed by atoms with Crippen molar-refractivity contribution in [2.45, 2.75) is 19.9 Å². The molecule has 2 rings (SSSR count). The second-order valence-corrected chi connectivity index (χ2v) is 5.13. The number of phenolic OH excluding ortho intramolecular Hbond substituents is 1. The van der Waals surface area contributed by atoms with Crippen LogP contribution in [-0.4, -0.2) is 16.6 Å². The van der Waals surface area contributed by atoms with Crippen molar-refractivity contribution < 1.29 is 9.50 Å². The summed E-state index contributed by atoms with van der Waals surface area (Å²) >= 11 is 1.65. The van der Waals surface area contributed by atoms with Gasteiger partial charge in [-0.2, -0.15) is 0 Å². The third-order valence-corrected chi connectivity index (χ3v) is 3.39. The Labute approximate surface area is 109 Å². The summed E-state index contributed by atoms with van der Waals surface area (Å²) in [6.45, 7) is 3.37. The lowest BCUT2D eigenvalue weighted by molar-refractivity contribution is 0.431. The third kappa shape index (κ3) is 3.51. The van der Waals surface area contributed by atoms with E-state index in [-0.39, 0.29) is 5.75 Å². The van der Waals surface area contributed by atoms with Gasteiger partial charge in [-0.05, 0) is 24.6 Å². The average Bonchev–Trinajstić information content (AvgIpc) is 2.75. The standard InChI is InChI=1S/C13H15FN2OS/c1-9-16-11(8-18-9)4-5-15-7-10-2-3-13(17)12(14)6-10/h2-3,6,8,15,17H,4-5,7H2,1H3. The van der Waals surface area contributed by atoms with E-state index < -0.39 is 5.82 Å². The third-order valence-electron chi connectivity index (χ3n) is 2.57. The summed E-state index contributed by atoms with van der Waals surface area (Å²) in [6.07, 6.45) is 0.866. The molecule has 0 atom stereocenters. The lowest BCUT2D eigenvalue weighted by Crippen LogP contribution is -2.16. The molecule has 1 aromatic carbocycles. The minimum Gasteiger partial charge on any atom is -0.505 e. The van der Waals surface area contributed by atoms with Crippen LogP contribution in [0.4, 0.5) is 4.39 Å². The number of phenols is 1. The predicted molar refractivity (Wildman–Crippen MR) is 70.3 cm³/mol. The van der Waals surface area contributed by atoms with Gasteiger partial charge in [-0.3, -0.25) is 0 Å². The highest BCUT2D eigenvalue weighted by Gasteiger charge is 2.02. The van der Waals surface area contributed by atoms with Crippen molar-refractivity contribution in [3.8, 4) is 5.75 Å². The largest absolute Gasteiger partial charge is 0.505 e. The second kappa shape index (κ2) is 5.93. The van der Waals surface area contributed by atoms with Crippen LogP contribution in [0, 0.1) is 12.7 Å². The van der Waals surface area contributed by atoms with Crippen molar-refractivity contribution in [1.29, 1.82) is 0 Å². The van der Waals surface area contributed by atoms with E-state index in [1.54, 1.807) is 17.4 Å². The highest BCUT2D eigenvalue weighted by Crippen LogP contribution is 2.15. The van der Waals surface area contributed by atoms with Gasteiger partial charge >= 0.3 is 0 Å². The number of thiazole rings is 1. The summed E-state index contributed by atoms with van der Waals surface area (Å²) < 4.78 is 13.1. The molecular weight excluding hydrogens is 251 g/mol. The molecule has 0 unspecified atom stereocenters. The monoisotopic (exact) mass is 266 g/mol. The van der Waals surface area contributed by atoms with E-state index in [0.717, 1.165) is 29.2 Å². The zero-order chi connectivity index (χ0) is 13.0. The molecule has 18 heavy (non-hydrogen) atoms. The van der Waals surface area contributed by atoms with Crippen LogP contribution in [0.2, 0.25) is 0 Å². The summed E-state index contributed by atoms with van der Waals surface area (Å²) in [5.74, 6) is -0.888. The predicted octanol–water partition coefficient (Wildman–Crippen LogP) is 2.63. The van der Waals surface area contributed by atoms with E-state index in [2.05, 4.69) is 15.7 Å². The number of hydrogen-bond acceptors (Lipinski definition) is 4. The van der Waals surface area contributed by atoms with Gasteiger partial charge in [0.2, 0.25) is 0 Å². The normalized spacial score (nSPS) is 10.8. The molecule has 2 N–H and O–H groups in total. The molecule has 0 fully saturated rings. The van der Waals surface area contributed by atoms with Crippen LogP contribution in [0.1, 0.15) is 16.3 Å². The number of aryl methyl sites for hydroxylation is 1. The first-order valence-electron chi connectivity index (χ1n) is 5.74. The molecule has 0 saturated heterocycles. The summed E-state index contributed by atoms with van der Waals surface area (Å²) in [4.78, 5) is 4.37. The van der Waals surface area contributed by atoms with Gasteiger partial charge in [0.1, 0.15) is 0 Å². The lowest BCUT2D eigenvalue weighted by atomic mass is 10.2. The molecule has 0 saturated carbocycles. The Bertz CT molecular complexity index is 527. The smallest absolute Gasteiger partial charge is 0.165 e. The molecule has 0 bridgehead atoms. The molecule has 0 spiro atoms. The minimum atomic E-state index is -0.579. The van der Waals surface area contributed by atoms with Gasteiger partial charge in [-0.25, -0.2) is 9.37 Å². The maximum absolute atomic E-state index is 13.1. The molecule has 0 aliphatic heterocycles. The summed E-state index contributed by atoms with van der Waals surface area (Å²) in [5.41, 5.74) is 1.90. The number of nitrogens with one attached hydrogen (secondary N) is 1. The molecule has 0 amide bonds. The molecule has 2 aromatic rings. The van der Waals surface area contributed by atoms with Crippen molar-refractivity contribution in [2.75, 3.05) is 6.54 Å². The lowest BCUT2D eigenvalue weighted by Gasteiger charge is -2.04. The number of hydrogen-bond donors (Lipinski definition) is 2. The Morgan fingerprint density at radius 2 is 2.28 bits per heavy atom. The summed E-state index contributed by atoms with van der Waals surface area (Å²) in [7, 11) is 0. The van der Waals surface area contributed by atoms with E-state index in [1.807, 2.05) is 6.92 Å². The van der Waals surface area contributed by atoms with E-state index >= 15 is 0 Å². The van der Waals surface area contributed by atoms with Crippen molar-refractivity contribution in [3.63, 3.8) is 0 Å². The van der Waals surface area contributed by atoms with Gasteiger partial charge in [0, 0.05) is 24.9 Å². The fourth-order valence-electron chi connectivity index (χ4n) is 1.63. The summed E-state index contributed by atoms with van der Waals surface area (Å²) in [5, 5.41) is 15.4. The Hall–Kier alpha value is -1.46. The molecule has 96 valence electrons. The number of aromatic nitrogens is 1. The molecule has 0 aliphatic rings. The molecule has 5 heteroatoms. The van der Waals surface area contributed by atoms with Crippen molar-refractivity contribution in [2.24, 2.45) is 0 Å². The van der Waals surface area contributed by atoms with E-state index in [4.69, 9.17) is 5.11 Å². The molecule has 1 heterocycles. The number of benzene rings is 1. The fraction of sp³-hybridized carbons (Fsp3) is 0.308. The van der Waals surface area contributed by atoms with Gasteiger partial charge in [0.05, 0.1) is 10.7 Å². The van der Waals surface area contributed by atoms with Gasteiger partial charge < -0.3 is 10.4 Å². The van der Waals surface area contributed by atoms with Crippen LogP contribution in [-0.2, 0) is 13.0 Å². The van der Waals surface area contributed by atoms with Gasteiger partial charge in [-0.15, -0.1) is 11.3 Å². The number of rotatable bonds is 5. The van der Waals surface area contributed by atoms with Gasteiger partial charge in [0.15, 0.2) is 11.6 Å². The fourth-order valence-corrected chi connectivity index (χ4v) is 2.28. The maximum atomic E-state index is 13.1. The summed E-state index contributed by atoms with van der Waals surface area (Å²) in [6, 6.07) is 4.42. The van der Waals surface area contributed by atoms with Crippen molar-refractivity contribution in [3.05, 3.63) is 45.7 Å². The van der Waals surface area contributed by atoms with E-state index in [9.17, 15) is 4.39 Å². The van der Waals surface area contributed by atoms with E-state index in [0.29, 0.717) is 6.54 Å². The zero-order valence-electron chi connectivity index (χ0n) is 10.1. The highest BCUT2D eigenvalue weighted by atomic mass is 32.1. The molecule has 1 aromatic heterocycles. The second-order valence-electron chi connectivity index (χ2n) is 4.07. The van der Waals surface area contributed by atoms with Crippen LogP contribution in [0.25, 0.3) is 0 Å². The quantitative estimate of drug-likeness (QED) is 0.818. The van der Waals surface area contributed by atoms with Gasteiger partial charge in [0.25, 0.3) is 0 Å². The first kappa shape index (κ1) is 13.0. The number of halogens is 1. The number of aromatic hydroxyl groups is 1. The van der Waals surface area contributed by atoms with Gasteiger partial charge in [-0.1, -0.05) is 6.07 Å². The van der Waals surface area contributed by atoms with Crippen LogP contribution in [0.5, 0.6) is 5.75 Å². The molecular formula is C13H15FN2OS. The SMILES string of the molecule is Cc1nc(CCNCc2ccc(O)c(F)c2)cs1. The Balaban J connectivity index is 1.76. The number of nitrogens with zero attached hydrogens (tertiary/aromatic N) is 1. The molecule has 3 nitrogen and oxygen atoms in total. The molecule has 0 radical (unpaired) electrons. The molecule has 0 aliphatic carbocycles. The Morgan fingerprint density at radius 3 is 2.94 bits per heavy atom. The van der Waals surface area contributed by atoms with Crippen molar-refractivity contribution >= 4 is 11.3 Å². The Kier molecular flexibility index (Phi) is 4.28. The van der Waals surface area contributed by atoms with Crippen LogP contribution in [0.3, 0.4) is 0 Å².